The van der Waals surface area contributed by atoms with Crippen LogP contribution in [0, 0.1) is 20.8 Å². The molecule has 2 aromatic carbocycles. The van der Waals surface area contributed by atoms with Gasteiger partial charge in [-0.2, -0.15) is 0 Å². The van der Waals surface area contributed by atoms with Crippen molar-refractivity contribution < 1.29 is 4.79 Å². The fourth-order valence-corrected chi connectivity index (χ4v) is 3.92. The Bertz CT molecular complexity index is 894. The van der Waals surface area contributed by atoms with Gasteiger partial charge in [0.1, 0.15) is 0 Å². The normalized spacial score (nSPS) is 10.7. The van der Waals surface area contributed by atoms with Gasteiger partial charge in [0.25, 0.3) is 5.91 Å². The van der Waals surface area contributed by atoms with Crippen molar-refractivity contribution in [2.24, 2.45) is 0 Å². The van der Waals surface area contributed by atoms with Crippen molar-refractivity contribution in [2.75, 3.05) is 5.32 Å². The number of thiazole rings is 1. The third-order valence-corrected chi connectivity index (χ3v) is 5.00. The van der Waals surface area contributed by atoms with Gasteiger partial charge in [0.2, 0.25) is 0 Å². The number of carbonyl (C=O) groups is 1. The van der Waals surface area contributed by atoms with E-state index in [1.807, 2.05) is 62.5 Å². The SMILES string of the molecule is Cc1cc(C)c(C(=O)Nc2nc(-c3cccc(Br)c3)cs2)c(C)c1. The summed E-state index contributed by atoms with van der Waals surface area (Å²) in [6, 6.07) is 12.0. The van der Waals surface area contributed by atoms with Gasteiger partial charge in [-0.1, -0.05) is 45.8 Å². The molecule has 1 aromatic heterocycles. The number of rotatable bonds is 3. The Balaban J connectivity index is 1.84. The van der Waals surface area contributed by atoms with E-state index in [0.29, 0.717) is 5.13 Å². The molecule has 1 N–H and O–H groups in total. The number of anilines is 1. The number of nitrogens with zero attached hydrogens (tertiary/aromatic N) is 1. The number of aryl methyl sites for hydroxylation is 3. The second-order valence-corrected chi connectivity index (χ2v) is 7.55. The Hall–Kier alpha value is -1.98. The summed E-state index contributed by atoms with van der Waals surface area (Å²) in [6.45, 7) is 5.96. The van der Waals surface area contributed by atoms with E-state index < -0.39 is 0 Å². The van der Waals surface area contributed by atoms with Crippen LogP contribution in [0.5, 0.6) is 0 Å². The molecule has 1 amide bonds. The van der Waals surface area contributed by atoms with Crippen molar-refractivity contribution in [1.29, 1.82) is 0 Å². The highest BCUT2D eigenvalue weighted by Crippen LogP contribution is 2.27. The molecular weight excluding hydrogens is 384 g/mol. The third kappa shape index (κ3) is 3.57. The summed E-state index contributed by atoms with van der Waals surface area (Å²) in [5.41, 5.74) is 5.72. The lowest BCUT2D eigenvalue weighted by Crippen LogP contribution is -2.15. The van der Waals surface area contributed by atoms with Crippen LogP contribution < -0.4 is 5.32 Å². The van der Waals surface area contributed by atoms with Gasteiger partial charge in [-0.05, 0) is 44.0 Å². The molecule has 0 fully saturated rings. The van der Waals surface area contributed by atoms with E-state index in [1.165, 1.54) is 11.3 Å². The number of benzene rings is 2. The minimum Gasteiger partial charge on any atom is -0.298 e. The van der Waals surface area contributed by atoms with Crippen LogP contribution in [0.4, 0.5) is 5.13 Å². The van der Waals surface area contributed by atoms with E-state index in [-0.39, 0.29) is 5.91 Å². The van der Waals surface area contributed by atoms with Gasteiger partial charge in [-0.3, -0.25) is 10.1 Å². The molecule has 3 aromatic rings. The molecular formula is C19H17BrN2OS. The van der Waals surface area contributed by atoms with Crippen molar-refractivity contribution in [3.63, 3.8) is 0 Å². The van der Waals surface area contributed by atoms with Crippen molar-refractivity contribution in [3.8, 4) is 11.3 Å². The average molecular weight is 401 g/mol. The van der Waals surface area contributed by atoms with E-state index in [9.17, 15) is 4.79 Å². The summed E-state index contributed by atoms with van der Waals surface area (Å²) in [7, 11) is 0. The first kappa shape index (κ1) is 16.9. The fraction of sp³-hybridized carbons (Fsp3) is 0.158. The Morgan fingerprint density at radius 2 is 1.83 bits per heavy atom. The number of carbonyl (C=O) groups excluding carboxylic acids is 1. The number of hydrogen-bond acceptors (Lipinski definition) is 3. The van der Waals surface area contributed by atoms with Crippen molar-refractivity contribution in [1.82, 2.24) is 4.98 Å². The highest BCUT2D eigenvalue weighted by atomic mass is 79.9. The largest absolute Gasteiger partial charge is 0.298 e. The maximum atomic E-state index is 12.6. The van der Waals surface area contributed by atoms with Crippen LogP contribution in [0.15, 0.2) is 46.3 Å². The van der Waals surface area contributed by atoms with Crippen LogP contribution >= 0.6 is 27.3 Å². The molecule has 0 saturated heterocycles. The van der Waals surface area contributed by atoms with E-state index >= 15 is 0 Å². The van der Waals surface area contributed by atoms with Gasteiger partial charge in [0.15, 0.2) is 5.13 Å². The van der Waals surface area contributed by atoms with E-state index in [4.69, 9.17) is 0 Å². The molecule has 0 bridgehead atoms. The quantitative estimate of drug-likeness (QED) is 0.607. The fourth-order valence-electron chi connectivity index (χ4n) is 2.81. The lowest BCUT2D eigenvalue weighted by atomic mass is 9.99. The summed E-state index contributed by atoms with van der Waals surface area (Å²) in [6.07, 6.45) is 0. The predicted molar refractivity (Wildman–Crippen MR) is 104 cm³/mol. The zero-order valence-corrected chi connectivity index (χ0v) is 16.1. The Labute approximate surface area is 153 Å². The van der Waals surface area contributed by atoms with Crippen LogP contribution in [-0.4, -0.2) is 10.9 Å². The average Bonchev–Trinajstić information content (AvgIpc) is 2.94. The standard InChI is InChI=1S/C19H17BrN2OS/c1-11-7-12(2)17(13(3)8-11)18(23)22-19-21-16(10-24-19)14-5-4-6-15(20)9-14/h4-10H,1-3H3,(H,21,22,23). The molecule has 0 spiro atoms. The minimum atomic E-state index is -0.111. The number of halogens is 1. The summed E-state index contributed by atoms with van der Waals surface area (Å²) in [4.78, 5) is 17.1. The Kier molecular flexibility index (Phi) is 4.83. The molecule has 3 rings (SSSR count). The topological polar surface area (TPSA) is 42.0 Å². The molecule has 1 heterocycles. The van der Waals surface area contributed by atoms with Crippen LogP contribution in [0.3, 0.4) is 0 Å². The van der Waals surface area contributed by atoms with Crippen LogP contribution in [0.1, 0.15) is 27.0 Å². The molecule has 3 nitrogen and oxygen atoms in total. The zero-order valence-electron chi connectivity index (χ0n) is 13.7. The molecule has 5 heteroatoms. The third-order valence-electron chi connectivity index (χ3n) is 3.75. The molecule has 0 unspecified atom stereocenters. The van der Waals surface area contributed by atoms with Gasteiger partial charge >= 0.3 is 0 Å². The lowest BCUT2D eigenvalue weighted by molar-refractivity contribution is 0.102. The first-order valence-corrected chi connectivity index (χ1v) is 9.22. The molecule has 24 heavy (non-hydrogen) atoms. The highest BCUT2D eigenvalue weighted by Gasteiger charge is 2.15. The number of amides is 1. The van der Waals surface area contributed by atoms with Crippen molar-refractivity contribution in [3.05, 3.63) is 68.5 Å². The molecule has 0 saturated carbocycles. The van der Waals surface area contributed by atoms with E-state index in [0.717, 1.165) is 38.0 Å². The maximum absolute atomic E-state index is 12.6. The van der Waals surface area contributed by atoms with Crippen LogP contribution in [0.25, 0.3) is 11.3 Å². The van der Waals surface area contributed by atoms with Crippen molar-refractivity contribution in [2.45, 2.75) is 20.8 Å². The lowest BCUT2D eigenvalue weighted by Gasteiger charge is -2.10. The molecule has 0 radical (unpaired) electrons. The summed E-state index contributed by atoms with van der Waals surface area (Å²) < 4.78 is 1.00. The second kappa shape index (κ2) is 6.87. The monoisotopic (exact) mass is 400 g/mol. The Morgan fingerprint density at radius 1 is 1.12 bits per heavy atom. The maximum Gasteiger partial charge on any atom is 0.257 e. The van der Waals surface area contributed by atoms with Crippen LogP contribution in [-0.2, 0) is 0 Å². The summed E-state index contributed by atoms with van der Waals surface area (Å²) in [5, 5.41) is 5.48. The summed E-state index contributed by atoms with van der Waals surface area (Å²) >= 11 is 4.89. The number of aromatic nitrogens is 1. The van der Waals surface area contributed by atoms with Gasteiger partial charge in [0.05, 0.1) is 5.69 Å². The highest BCUT2D eigenvalue weighted by molar-refractivity contribution is 9.10. The predicted octanol–water partition coefficient (Wildman–Crippen LogP) is 5.75. The van der Waals surface area contributed by atoms with Gasteiger partial charge in [-0.25, -0.2) is 4.98 Å². The first-order valence-electron chi connectivity index (χ1n) is 7.54. The molecule has 0 aliphatic carbocycles. The molecule has 0 aliphatic heterocycles. The van der Waals surface area contributed by atoms with E-state index in [2.05, 4.69) is 26.2 Å². The molecule has 0 atom stereocenters. The molecule has 0 aliphatic rings. The Morgan fingerprint density at radius 3 is 2.50 bits per heavy atom. The number of nitrogens with one attached hydrogen (secondary N) is 1. The smallest absolute Gasteiger partial charge is 0.257 e. The van der Waals surface area contributed by atoms with Crippen molar-refractivity contribution >= 4 is 38.3 Å². The van der Waals surface area contributed by atoms with Gasteiger partial charge in [-0.15, -0.1) is 11.3 Å². The minimum absolute atomic E-state index is 0.111. The summed E-state index contributed by atoms with van der Waals surface area (Å²) in [5.74, 6) is -0.111. The number of hydrogen-bond donors (Lipinski definition) is 1. The second-order valence-electron chi connectivity index (χ2n) is 5.78. The molecule has 122 valence electrons. The zero-order chi connectivity index (χ0) is 17.3. The van der Waals surface area contributed by atoms with E-state index in [1.54, 1.807) is 0 Å². The van der Waals surface area contributed by atoms with Crippen LogP contribution in [0.2, 0.25) is 0 Å². The van der Waals surface area contributed by atoms with Gasteiger partial charge in [0, 0.05) is 21.0 Å². The van der Waals surface area contributed by atoms with Gasteiger partial charge < -0.3 is 0 Å². The first-order chi connectivity index (χ1) is 11.4.